The predicted molar refractivity (Wildman–Crippen MR) is 62.3 cm³/mol. The Hall–Kier alpha value is -1.82. The smallest absolute Gasteiger partial charge is 0.272 e. The first-order valence-electron chi connectivity index (χ1n) is 5.15. The van der Waals surface area contributed by atoms with Crippen LogP contribution in [0.15, 0.2) is 10.9 Å². The number of hydrogen-bond donors (Lipinski definition) is 2. The summed E-state index contributed by atoms with van der Waals surface area (Å²) in [6.45, 7) is 2.37. The molecular formula is C11H16N2O4. The lowest BCUT2D eigenvalue weighted by atomic mass is 10.2. The van der Waals surface area contributed by atoms with Gasteiger partial charge in [-0.15, -0.1) is 0 Å². The van der Waals surface area contributed by atoms with Gasteiger partial charge in [0.2, 0.25) is 5.43 Å². The maximum absolute atomic E-state index is 11.8. The highest BCUT2D eigenvalue weighted by Gasteiger charge is 2.17. The van der Waals surface area contributed by atoms with Gasteiger partial charge in [0.15, 0.2) is 11.4 Å². The van der Waals surface area contributed by atoms with Crippen molar-refractivity contribution in [2.45, 2.75) is 6.92 Å². The molecule has 1 aromatic rings. The minimum absolute atomic E-state index is 0.0360. The standard InChI is InChI=1S/C11H16N2O4/c1-7-6-8(14)10(15)9(13(7)2)11(16)12-4-5-17-3/h6,15H,4-5H2,1-3H3,(H,12,16). The first-order valence-corrected chi connectivity index (χ1v) is 5.15. The zero-order valence-corrected chi connectivity index (χ0v) is 10.1. The number of carbonyl (C=O) groups is 1. The highest BCUT2D eigenvalue weighted by molar-refractivity contribution is 5.95. The van der Waals surface area contributed by atoms with E-state index < -0.39 is 17.1 Å². The van der Waals surface area contributed by atoms with Crippen LogP contribution in [0.4, 0.5) is 0 Å². The molecule has 0 aromatic carbocycles. The Kier molecular flexibility index (Phi) is 4.28. The fourth-order valence-electron chi connectivity index (χ4n) is 1.42. The van der Waals surface area contributed by atoms with E-state index in [2.05, 4.69) is 5.32 Å². The number of hydrogen-bond acceptors (Lipinski definition) is 4. The number of nitrogens with one attached hydrogen (secondary N) is 1. The number of nitrogens with zero attached hydrogens (tertiary/aromatic N) is 1. The molecule has 1 aromatic heterocycles. The molecule has 0 atom stereocenters. The maximum Gasteiger partial charge on any atom is 0.272 e. The second-order valence-electron chi connectivity index (χ2n) is 3.65. The molecule has 0 saturated carbocycles. The van der Waals surface area contributed by atoms with E-state index in [0.29, 0.717) is 18.8 Å². The maximum atomic E-state index is 11.8. The Labute approximate surface area is 98.8 Å². The number of rotatable bonds is 4. The number of aryl methyl sites for hydroxylation is 1. The molecule has 6 nitrogen and oxygen atoms in total. The van der Waals surface area contributed by atoms with Crippen molar-refractivity contribution >= 4 is 5.91 Å². The van der Waals surface area contributed by atoms with E-state index in [1.165, 1.54) is 17.7 Å². The lowest BCUT2D eigenvalue weighted by molar-refractivity contribution is 0.0924. The van der Waals surface area contributed by atoms with Gasteiger partial charge < -0.3 is 19.7 Å². The molecular weight excluding hydrogens is 224 g/mol. The number of carbonyl (C=O) groups excluding carboxylic acids is 1. The van der Waals surface area contributed by atoms with Gasteiger partial charge in [-0.1, -0.05) is 0 Å². The minimum Gasteiger partial charge on any atom is -0.503 e. The van der Waals surface area contributed by atoms with E-state index in [9.17, 15) is 14.7 Å². The fraction of sp³-hybridized carbons (Fsp3) is 0.455. The topological polar surface area (TPSA) is 80.6 Å². The molecule has 94 valence electrons. The van der Waals surface area contributed by atoms with E-state index in [1.807, 2.05) is 0 Å². The third-order valence-electron chi connectivity index (χ3n) is 2.47. The highest BCUT2D eigenvalue weighted by atomic mass is 16.5. The molecule has 0 bridgehead atoms. The van der Waals surface area contributed by atoms with E-state index in [0.717, 1.165) is 0 Å². The molecule has 0 fully saturated rings. The summed E-state index contributed by atoms with van der Waals surface area (Å²) in [5, 5.41) is 12.2. The van der Waals surface area contributed by atoms with E-state index in [1.54, 1.807) is 14.0 Å². The zero-order chi connectivity index (χ0) is 13.0. The van der Waals surface area contributed by atoms with Crippen LogP contribution >= 0.6 is 0 Å². The molecule has 6 heteroatoms. The average molecular weight is 240 g/mol. The number of amides is 1. The van der Waals surface area contributed by atoms with Crippen molar-refractivity contribution < 1.29 is 14.6 Å². The molecule has 1 rings (SSSR count). The van der Waals surface area contributed by atoms with Gasteiger partial charge in [-0.2, -0.15) is 0 Å². The van der Waals surface area contributed by atoms with Crippen molar-refractivity contribution in [2.24, 2.45) is 7.05 Å². The lowest BCUT2D eigenvalue weighted by Gasteiger charge is -2.13. The normalized spacial score (nSPS) is 10.3. The van der Waals surface area contributed by atoms with E-state index in [-0.39, 0.29) is 5.69 Å². The van der Waals surface area contributed by atoms with Crippen LogP contribution in [0.25, 0.3) is 0 Å². The molecule has 0 aliphatic rings. The van der Waals surface area contributed by atoms with Crippen LogP contribution in [-0.4, -0.2) is 35.8 Å². The fourth-order valence-corrected chi connectivity index (χ4v) is 1.42. The third-order valence-corrected chi connectivity index (χ3v) is 2.47. The summed E-state index contributed by atoms with van der Waals surface area (Å²) in [7, 11) is 3.13. The van der Waals surface area contributed by atoms with Crippen LogP contribution in [0.2, 0.25) is 0 Å². The summed E-state index contributed by atoms with van der Waals surface area (Å²) in [6.07, 6.45) is 0. The molecule has 1 amide bonds. The first-order chi connectivity index (χ1) is 7.99. The van der Waals surface area contributed by atoms with Crippen LogP contribution in [0.1, 0.15) is 16.2 Å². The Balaban J connectivity index is 3.04. The van der Waals surface area contributed by atoms with Gasteiger partial charge in [-0.3, -0.25) is 9.59 Å². The van der Waals surface area contributed by atoms with Crippen molar-refractivity contribution in [1.82, 2.24) is 9.88 Å². The summed E-state index contributed by atoms with van der Waals surface area (Å²) >= 11 is 0. The second kappa shape index (κ2) is 5.49. The lowest BCUT2D eigenvalue weighted by Crippen LogP contribution is -2.31. The van der Waals surface area contributed by atoms with Crippen molar-refractivity contribution in [1.29, 1.82) is 0 Å². The largest absolute Gasteiger partial charge is 0.503 e. The summed E-state index contributed by atoms with van der Waals surface area (Å²) < 4.78 is 6.26. The van der Waals surface area contributed by atoms with Crippen molar-refractivity contribution in [3.8, 4) is 5.75 Å². The Morgan fingerprint density at radius 1 is 1.59 bits per heavy atom. The summed E-state index contributed by atoms with van der Waals surface area (Å²) in [4.78, 5) is 23.2. The summed E-state index contributed by atoms with van der Waals surface area (Å²) in [6, 6.07) is 1.28. The summed E-state index contributed by atoms with van der Waals surface area (Å²) in [5.41, 5.74) is 0.00767. The zero-order valence-electron chi connectivity index (χ0n) is 10.1. The van der Waals surface area contributed by atoms with Gasteiger partial charge in [0.25, 0.3) is 5.91 Å². The molecule has 1 heterocycles. The molecule has 0 aliphatic carbocycles. The second-order valence-corrected chi connectivity index (χ2v) is 3.65. The highest BCUT2D eigenvalue weighted by Crippen LogP contribution is 2.12. The minimum atomic E-state index is -0.558. The van der Waals surface area contributed by atoms with Gasteiger partial charge in [0.1, 0.15) is 0 Å². The van der Waals surface area contributed by atoms with Crippen LogP contribution in [-0.2, 0) is 11.8 Å². The SMILES string of the molecule is COCCNC(=O)c1c(O)c(=O)cc(C)n1C. The van der Waals surface area contributed by atoms with Gasteiger partial charge >= 0.3 is 0 Å². The van der Waals surface area contributed by atoms with Gasteiger partial charge in [0.05, 0.1) is 6.61 Å². The van der Waals surface area contributed by atoms with E-state index in [4.69, 9.17) is 4.74 Å². The molecule has 2 N–H and O–H groups in total. The van der Waals surface area contributed by atoms with Crippen LogP contribution in [0.5, 0.6) is 5.75 Å². The molecule has 0 saturated heterocycles. The Morgan fingerprint density at radius 2 is 2.24 bits per heavy atom. The molecule has 0 unspecified atom stereocenters. The van der Waals surface area contributed by atoms with Crippen LogP contribution in [0, 0.1) is 6.92 Å². The summed E-state index contributed by atoms with van der Waals surface area (Å²) in [5.74, 6) is -1.03. The number of ether oxygens (including phenoxy) is 1. The molecule has 0 radical (unpaired) electrons. The predicted octanol–water partition coefficient (Wildman–Crippen LogP) is -0.224. The first kappa shape index (κ1) is 13.2. The number of aromatic hydroxyl groups is 1. The van der Waals surface area contributed by atoms with Gasteiger partial charge in [-0.05, 0) is 6.92 Å². The third kappa shape index (κ3) is 2.85. The average Bonchev–Trinajstić information content (AvgIpc) is 2.27. The van der Waals surface area contributed by atoms with Crippen molar-refractivity contribution in [3.63, 3.8) is 0 Å². The molecule has 0 spiro atoms. The molecule has 0 aliphatic heterocycles. The number of aromatic nitrogens is 1. The monoisotopic (exact) mass is 240 g/mol. The Morgan fingerprint density at radius 3 is 2.82 bits per heavy atom. The van der Waals surface area contributed by atoms with Gasteiger partial charge in [0, 0.05) is 32.5 Å². The molecule has 17 heavy (non-hydrogen) atoms. The quantitative estimate of drug-likeness (QED) is 0.713. The number of methoxy groups -OCH3 is 1. The van der Waals surface area contributed by atoms with Crippen LogP contribution < -0.4 is 10.7 Å². The van der Waals surface area contributed by atoms with Crippen LogP contribution in [0.3, 0.4) is 0 Å². The van der Waals surface area contributed by atoms with Crippen molar-refractivity contribution in [3.05, 3.63) is 27.7 Å². The van der Waals surface area contributed by atoms with Crippen molar-refractivity contribution in [2.75, 3.05) is 20.3 Å². The van der Waals surface area contributed by atoms with E-state index >= 15 is 0 Å². The number of pyridine rings is 1. The van der Waals surface area contributed by atoms with Gasteiger partial charge in [-0.25, -0.2) is 0 Å². The Bertz CT molecular complexity index is 479.